The zero-order valence-electron chi connectivity index (χ0n) is 12.3. The van der Waals surface area contributed by atoms with Crippen LogP contribution >= 0.6 is 0 Å². The number of amides is 1. The number of halogens is 2. The summed E-state index contributed by atoms with van der Waals surface area (Å²) in [5.41, 5.74) is 5.90. The average molecular weight is 288 g/mol. The summed E-state index contributed by atoms with van der Waals surface area (Å²) in [6.45, 7) is 2.65. The zero-order chi connectivity index (χ0) is 14.8. The van der Waals surface area contributed by atoms with E-state index in [1.165, 1.54) is 0 Å². The first-order valence-electron chi connectivity index (χ1n) is 7.87. The van der Waals surface area contributed by atoms with Crippen LogP contribution in [-0.2, 0) is 4.79 Å². The van der Waals surface area contributed by atoms with Gasteiger partial charge in [0.1, 0.15) is 0 Å². The number of carbonyl (C=O) groups excluding carboxylic acids is 1. The van der Waals surface area contributed by atoms with Crippen molar-refractivity contribution < 1.29 is 13.6 Å². The molecule has 1 amide bonds. The molecular formula is C15H26F2N2O. The lowest BCUT2D eigenvalue weighted by Crippen LogP contribution is -2.47. The minimum absolute atomic E-state index is 0.0865. The van der Waals surface area contributed by atoms with Gasteiger partial charge in [0.15, 0.2) is 0 Å². The summed E-state index contributed by atoms with van der Waals surface area (Å²) in [4.78, 5) is 14.5. The molecule has 0 radical (unpaired) electrons. The van der Waals surface area contributed by atoms with Gasteiger partial charge in [-0.05, 0) is 45.4 Å². The van der Waals surface area contributed by atoms with Crippen LogP contribution in [0.25, 0.3) is 0 Å². The third kappa shape index (κ3) is 3.68. The summed E-state index contributed by atoms with van der Waals surface area (Å²) in [5, 5.41) is 0. The predicted octanol–water partition coefficient (Wildman–Crippen LogP) is 2.93. The fourth-order valence-corrected chi connectivity index (χ4v) is 3.53. The van der Waals surface area contributed by atoms with E-state index in [0.717, 1.165) is 25.7 Å². The molecule has 3 nitrogen and oxygen atoms in total. The highest BCUT2D eigenvalue weighted by Gasteiger charge is 2.39. The molecule has 116 valence electrons. The van der Waals surface area contributed by atoms with Gasteiger partial charge in [-0.3, -0.25) is 4.79 Å². The first-order valence-corrected chi connectivity index (χ1v) is 7.87. The van der Waals surface area contributed by atoms with Crippen LogP contribution in [-0.4, -0.2) is 35.4 Å². The molecule has 2 N–H and O–H groups in total. The Labute approximate surface area is 119 Å². The van der Waals surface area contributed by atoms with Crippen molar-refractivity contribution in [2.24, 2.45) is 11.7 Å². The summed E-state index contributed by atoms with van der Waals surface area (Å²) >= 11 is 0. The Morgan fingerprint density at radius 3 is 2.20 bits per heavy atom. The Morgan fingerprint density at radius 1 is 1.15 bits per heavy atom. The summed E-state index contributed by atoms with van der Waals surface area (Å²) in [7, 11) is 0. The van der Waals surface area contributed by atoms with E-state index in [1.807, 2.05) is 11.8 Å². The van der Waals surface area contributed by atoms with Crippen molar-refractivity contribution in [2.75, 3.05) is 6.54 Å². The largest absolute Gasteiger partial charge is 0.340 e. The number of hydrogen-bond acceptors (Lipinski definition) is 2. The molecule has 0 saturated heterocycles. The number of hydrogen-bond donors (Lipinski definition) is 1. The topological polar surface area (TPSA) is 46.3 Å². The second kappa shape index (κ2) is 6.37. The SMILES string of the molecule is CCN(C(=O)C1CCC(F)(F)CC1)C1CCC(N)CC1. The average Bonchev–Trinajstić information content (AvgIpc) is 2.41. The van der Waals surface area contributed by atoms with Crippen molar-refractivity contribution in [2.45, 2.75) is 76.3 Å². The molecular weight excluding hydrogens is 262 g/mol. The molecule has 0 spiro atoms. The molecule has 0 aliphatic heterocycles. The summed E-state index contributed by atoms with van der Waals surface area (Å²) < 4.78 is 26.4. The van der Waals surface area contributed by atoms with Gasteiger partial charge in [0.2, 0.25) is 11.8 Å². The van der Waals surface area contributed by atoms with E-state index in [9.17, 15) is 13.6 Å². The number of nitrogens with two attached hydrogens (primary N) is 1. The Morgan fingerprint density at radius 2 is 1.70 bits per heavy atom. The summed E-state index contributed by atoms with van der Waals surface area (Å²) in [6, 6.07) is 0.517. The molecule has 5 heteroatoms. The van der Waals surface area contributed by atoms with Crippen LogP contribution in [0.15, 0.2) is 0 Å². The normalized spacial score (nSPS) is 31.0. The molecule has 2 aliphatic carbocycles. The van der Waals surface area contributed by atoms with Gasteiger partial charge >= 0.3 is 0 Å². The standard InChI is InChI=1S/C15H26F2N2O/c1-2-19(13-5-3-12(18)4-6-13)14(20)11-7-9-15(16,17)10-8-11/h11-13H,2-10,18H2,1H3. The van der Waals surface area contributed by atoms with Crippen LogP contribution in [0.3, 0.4) is 0 Å². The molecule has 0 bridgehead atoms. The zero-order valence-corrected chi connectivity index (χ0v) is 12.3. The minimum atomic E-state index is -2.56. The molecule has 2 rings (SSSR count). The van der Waals surface area contributed by atoms with E-state index in [1.54, 1.807) is 0 Å². The Kier molecular flexibility index (Phi) is 4.99. The highest BCUT2D eigenvalue weighted by Crippen LogP contribution is 2.37. The van der Waals surface area contributed by atoms with Crippen molar-refractivity contribution in [1.82, 2.24) is 4.90 Å². The van der Waals surface area contributed by atoms with Crippen LogP contribution in [0.2, 0.25) is 0 Å². The molecule has 2 aliphatic rings. The quantitative estimate of drug-likeness (QED) is 0.868. The van der Waals surface area contributed by atoms with E-state index in [-0.39, 0.29) is 36.8 Å². The van der Waals surface area contributed by atoms with Gasteiger partial charge in [-0.15, -0.1) is 0 Å². The van der Waals surface area contributed by atoms with E-state index in [2.05, 4.69) is 0 Å². The first kappa shape index (κ1) is 15.7. The van der Waals surface area contributed by atoms with Crippen molar-refractivity contribution in [3.8, 4) is 0 Å². The van der Waals surface area contributed by atoms with Crippen molar-refractivity contribution in [1.29, 1.82) is 0 Å². The first-order chi connectivity index (χ1) is 9.43. The smallest absolute Gasteiger partial charge is 0.248 e. The van der Waals surface area contributed by atoms with Crippen LogP contribution in [0.5, 0.6) is 0 Å². The van der Waals surface area contributed by atoms with Gasteiger partial charge in [0, 0.05) is 37.4 Å². The molecule has 0 aromatic rings. The van der Waals surface area contributed by atoms with E-state index in [4.69, 9.17) is 5.73 Å². The van der Waals surface area contributed by atoms with Crippen molar-refractivity contribution in [3.05, 3.63) is 0 Å². The molecule has 0 aromatic carbocycles. The monoisotopic (exact) mass is 288 g/mol. The lowest BCUT2D eigenvalue weighted by atomic mass is 9.84. The number of alkyl halides is 2. The maximum Gasteiger partial charge on any atom is 0.248 e. The fourth-order valence-electron chi connectivity index (χ4n) is 3.53. The molecule has 2 saturated carbocycles. The lowest BCUT2D eigenvalue weighted by Gasteiger charge is -2.38. The fraction of sp³-hybridized carbons (Fsp3) is 0.933. The predicted molar refractivity (Wildman–Crippen MR) is 74.5 cm³/mol. The summed E-state index contributed by atoms with van der Waals surface area (Å²) in [5.74, 6) is -2.68. The molecule has 2 fully saturated rings. The molecule has 20 heavy (non-hydrogen) atoms. The Hall–Kier alpha value is -0.710. The minimum Gasteiger partial charge on any atom is -0.340 e. The maximum atomic E-state index is 13.2. The highest BCUT2D eigenvalue weighted by atomic mass is 19.3. The van der Waals surface area contributed by atoms with Crippen molar-refractivity contribution in [3.63, 3.8) is 0 Å². The second-order valence-electron chi connectivity index (χ2n) is 6.32. The second-order valence-corrected chi connectivity index (χ2v) is 6.32. The van der Waals surface area contributed by atoms with Crippen LogP contribution in [0.4, 0.5) is 8.78 Å². The van der Waals surface area contributed by atoms with E-state index < -0.39 is 5.92 Å². The number of rotatable bonds is 3. The van der Waals surface area contributed by atoms with Crippen LogP contribution in [0, 0.1) is 5.92 Å². The Bertz CT molecular complexity index is 331. The molecule has 0 atom stereocenters. The van der Waals surface area contributed by atoms with Crippen LogP contribution in [0.1, 0.15) is 58.3 Å². The third-order valence-corrected chi connectivity index (χ3v) is 4.87. The van der Waals surface area contributed by atoms with Gasteiger partial charge in [-0.2, -0.15) is 0 Å². The van der Waals surface area contributed by atoms with Gasteiger partial charge in [-0.25, -0.2) is 8.78 Å². The third-order valence-electron chi connectivity index (χ3n) is 4.87. The van der Waals surface area contributed by atoms with E-state index >= 15 is 0 Å². The van der Waals surface area contributed by atoms with E-state index in [0.29, 0.717) is 19.4 Å². The van der Waals surface area contributed by atoms with Crippen molar-refractivity contribution >= 4 is 5.91 Å². The number of carbonyl (C=O) groups is 1. The van der Waals surface area contributed by atoms with Crippen LogP contribution < -0.4 is 5.73 Å². The van der Waals surface area contributed by atoms with Gasteiger partial charge in [0.05, 0.1) is 0 Å². The van der Waals surface area contributed by atoms with Gasteiger partial charge < -0.3 is 10.6 Å². The molecule has 0 aromatic heterocycles. The molecule has 0 heterocycles. The Balaban J connectivity index is 1.92. The van der Waals surface area contributed by atoms with Gasteiger partial charge in [-0.1, -0.05) is 0 Å². The van der Waals surface area contributed by atoms with Gasteiger partial charge in [0.25, 0.3) is 0 Å². The maximum absolute atomic E-state index is 13.2. The number of nitrogens with zero attached hydrogens (tertiary/aromatic N) is 1. The highest BCUT2D eigenvalue weighted by molar-refractivity contribution is 5.79. The molecule has 0 unspecified atom stereocenters. The summed E-state index contributed by atoms with van der Waals surface area (Å²) in [6.07, 6.45) is 4.18. The lowest BCUT2D eigenvalue weighted by molar-refractivity contribution is -0.142.